The Morgan fingerprint density at radius 3 is 1.62 bits per heavy atom. The van der Waals surface area contributed by atoms with E-state index in [9.17, 15) is 4.79 Å². The normalized spacial score (nSPS) is 13.4. The molecule has 0 radical (unpaired) electrons. The Bertz CT molecular complexity index is 210. The predicted octanol–water partition coefficient (Wildman–Crippen LogP) is 1.09. The van der Waals surface area contributed by atoms with Gasteiger partial charge in [-0.2, -0.15) is 0 Å². The second kappa shape index (κ2) is 7.33. The summed E-state index contributed by atoms with van der Waals surface area (Å²) in [7, 11) is 12.4. The molecule has 0 amide bonds. The highest BCUT2D eigenvalue weighted by Gasteiger charge is 2.31. The van der Waals surface area contributed by atoms with E-state index >= 15 is 0 Å². The monoisotopic (exact) mass is 276 g/mol. The van der Waals surface area contributed by atoms with E-state index in [0.717, 1.165) is 11.0 Å². The number of rotatable bonds is 5. The first kappa shape index (κ1) is 21.3. The van der Waals surface area contributed by atoms with Gasteiger partial charge in [0, 0.05) is 0 Å². The molecule has 0 bridgehead atoms. The second-order valence-electron chi connectivity index (χ2n) is 5.84. The quantitative estimate of drug-likeness (QED) is 0.764. The first-order chi connectivity index (χ1) is 6.02. The number of halogens is 2. The molecule has 1 N–H and O–H groups in total. The SMILES string of the molecule is C[N+](C)(C)CC(CC(=O)O)[N+](C)(C)C.Cl.Cl. The average Bonchev–Trinajstić information content (AvgIpc) is 1.78. The van der Waals surface area contributed by atoms with Crippen molar-refractivity contribution in [1.29, 1.82) is 0 Å². The number of quaternary nitrogens is 2. The molecular formula is C10H26Cl2N2O2+2. The molecule has 6 heteroatoms. The molecule has 0 spiro atoms. The van der Waals surface area contributed by atoms with Gasteiger partial charge in [-0.05, 0) is 0 Å². The van der Waals surface area contributed by atoms with Crippen LogP contribution in [0.1, 0.15) is 6.42 Å². The second-order valence-corrected chi connectivity index (χ2v) is 5.84. The Morgan fingerprint density at radius 1 is 1.06 bits per heavy atom. The number of likely N-dealkylation sites (N-methyl/N-ethyl adjacent to an activating group) is 2. The Labute approximate surface area is 111 Å². The van der Waals surface area contributed by atoms with E-state index in [-0.39, 0.29) is 37.3 Å². The summed E-state index contributed by atoms with van der Waals surface area (Å²) in [6.45, 7) is 0.871. The summed E-state index contributed by atoms with van der Waals surface area (Å²) >= 11 is 0. The third kappa shape index (κ3) is 10.5. The maximum atomic E-state index is 10.7. The summed E-state index contributed by atoms with van der Waals surface area (Å²) in [4.78, 5) is 10.7. The fraction of sp³-hybridized carbons (Fsp3) is 0.900. The Morgan fingerprint density at radius 2 is 1.44 bits per heavy atom. The van der Waals surface area contributed by atoms with Crippen LogP contribution in [-0.2, 0) is 4.79 Å². The number of carboxylic acid groups (broad SMARTS) is 1. The molecule has 0 aliphatic rings. The van der Waals surface area contributed by atoms with Crippen molar-refractivity contribution in [2.45, 2.75) is 12.5 Å². The van der Waals surface area contributed by atoms with E-state index in [1.807, 2.05) is 21.1 Å². The minimum absolute atomic E-state index is 0. The van der Waals surface area contributed by atoms with E-state index in [0.29, 0.717) is 4.48 Å². The molecule has 0 aromatic carbocycles. The van der Waals surface area contributed by atoms with Gasteiger partial charge in [0.25, 0.3) is 0 Å². The third-order valence-corrected chi connectivity index (χ3v) is 2.26. The van der Waals surface area contributed by atoms with E-state index in [2.05, 4.69) is 21.1 Å². The third-order valence-electron chi connectivity index (χ3n) is 2.26. The van der Waals surface area contributed by atoms with Gasteiger partial charge in [0.1, 0.15) is 19.0 Å². The van der Waals surface area contributed by atoms with Crippen molar-refractivity contribution in [2.75, 3.05) is 48.8 Å². The minimum atomic E-state index is -0.712. The van der Waals surface area contributed by atoms with Gasteiger partial charge in [-0.1, -0.05) is 0 Å². The zero-order valence-electron chi connectivity index (χ0n) is 11.1. The number of aliphatic carboxylic acids is 1. The summed E-state index contributed by atoms with van der Waals surface area (Å²) in [6.07, 6.45) is 0.235. The van der Waals surface area contributed by atoms with Gasteiger partial charge in [-0.25, -0.2) is 0 Å². The van der Waals surface area contributed by atoms with Crippen LogP contribution < -0.4 is 0 Å². The van der Waals surface area contributed by atoms with Gasteiger partial charge < -0.3 is 14.1 Å². The highest BCUT2D eigenvalue weighted by molar-refractivity contribution is 5.85. The summed E-state index contributed by atoms with van der Waals surface area (Å²) < 4.78 is 1.50. The summed E-state index contributed by atoms with van der Waals surface area (Å²) in [5.74, 6) is -0.712. The van der Waals surface area contributed by atoms with E-state index in [1.165, 1.54) is 0 Å². The van der Waals surface area contributed by atoms with Crippen LogP contribution >= 0.6 is 24.8 Å². The van der Waals surface area contributed by atoms with E-state index < -0.39 is 5.97 Å². The first-order valence-electron chi connectivity index (χ1n) is 4.86. The molecule has 0 saturated carbocycles. The van der Waals surface area contributed by atoms with Crippen LogP contribution in [0.3, 0.4) is 0 Å². The van der Waals surface area contributed by atoms with E-state index in [4.69, 9.17) is 5.11 Å². The fourth-order valence-electron chi connectivity index (χ4n) is 1.42. The maximum absolute atomic E-state index is 10.7. The lowest BCUT2D eigenvalue weighted by Crippen LogP contribution is -2.55. The molecular weight excluding hydrogens is 251 g/mol. The van der Waals surface area contributed by atoms with Crippen LogP contribution in [-0.4, -0.2) is 74.9 Å². The lowest BCUT2D eigenvalue weighted by Gasteiger charge is -2.37. The molecule has 0 aromatic heterocycles. The van der Waals surface area contributed by atoms with Gasteiger partial charge in [-0.15, -0.1) is 24.8 Å². The van der Waals surface area contributed by atoms with Crippen LogP contribution in [0, 0.1) is 0 Å². The van der Waals surface area contributed by atoms with Crippen LogP contribution in [0.15, 0.2) is 0 Å². The Hall–Kier alpha value is -0.0300. The number of nitrogens with zero attached hydrogens (tertiary/aromatic N) is 2. The van der Waals surface area contributed by atoms with Crippen LogP contribution in [0.4, 0.5) is 0 Å². The highest BCUT2D eigenvalue weighted by Crippen LogP contribution is 2.11. The van der Waals surface area contributed by atoms with Crippen LogP contribution in [0.5, 0.6) is 0 Å². The number of hydrogen-bond donors (Lipinski definition) is 1. The molecule has 0 saturated heterocycles. The molecule has 1 atom stereocenters. The van der Waals surface area contributed by atoms with Crippen molar-refractivity contribution in [3.63, 3.8) is 0 Å². The van der Waals surface area contributed by atoms with Gasteiger partial charge in [0.2, 0.25) is 0 Å². The van der Waals surface area contributed by atoms with Crippen molar-refractivity contribution in [3.8, 4) is 0 Å². The predicted molar refractivity (Wildman–Crippen MR) is 71.5 cm³/mol. The van der Waals surface area contributed by atoms with Crippen molar-refractivity contribution in [2.24, 2.45) is 0 Å². The maximum Gasteiger partial charge on any atom is 0.309 e. The standard InChI is InChI=1S/C10H23N2O2.2ClH/c1-11(2,3)8-9(7-10(13)14)12(4,5)6;;/h9H,7-8H2,1-6H3;2*1H/q+1;;/p+1. The Balaban J connectivity index is -0.000000845. The summed E-state index contributed by atoms with van der Waals surface area (Å²) in [6, 6.07) is 0.160. The van der Waals surface area contributed by atoms with Gasteiger partial charge in [0.05, 0.1) is 42.3 Å². The molecule has 0 heterocycles. The van der Waals surface area contributed by atoms with Gasteiger partial charge in [0.15, 0.2) is 0 Å². The number of hydrogen-bond acceptors (Lipinski definition) is 1. The van der Waals surface area contributed by atoms with Crippen molar-refractivity contribution in [3.05, 3.63) is 0 Å². The number of carboxylic acids is 1. The molecule has 1 unspecified atom stereocenters. The molecule has 0 aliphatic carbocycles. The lowest BCUT2D eigenvalue weighted by atomic mass is 10.1. The molecule has 0 fully saturated rings. The van der Waals surface area contributed by atoms with Crippen LogP contribution in [0.2, 0.25) is 0 Å². The molecule has 4 nitrogen and oxygen atoms in total. The molecule has 16 heavy (non-hydrogen) atoms. The largest absolute Gasteiger partial charge is 0.481 e. The summed E-state index contributed by atoms with van der Waals surface area (Å²) in [5.41, 5.74) is 0. The molecule has 0 aliphatic heterocycles. The first-order valence-corrected chi connectivity index (χ1v) is 4.86. The highest BCUT2D eigenvalue weighted by atomic mass is 35.5. The zero-order valence-corrected chi connectivity index (χ0v) is 12.7. The topological polar surface area (TPSA) is 37.3 Å². The molecule has 0 rings (SSSR count). The fourth-order valence-corrected chi connectivity index (χ4v) is 1.42. The molecule has 0 aromatic rings. The van der Waals surface area contributed by atoms with Crippen molar-refractivity contribution >= 4 is 30.8 Å². The smallest absolute Gasteiger partial charge is 0.309 e. The van der Waals surface area contributed by atoms with Gasteiger partial charge in [-0.3, -0.25) is 4.79 Å². The van der Waals surface area contributed by atoms with Crippen molar-refractivity contribution in [1.82, 2.24) is 0 Å². The Kier molecular flexibility index (Phi) is 9.74. The minimum Gasteiger partial charge on any atom is -0.481 e. The van der Waals surface area contributed by atoms with Gasteiger partial charge >= 0.3 is 5.97 Å². The lowest BCUT2D eigenvalue weighted by molar-refractivity contribution is -0.946. The van der Waals surface area contributed by atoms with Crippen LogP contribution in [0.25, 0.3) is 0 Å². The zero-order chi connectivity index (χ0) is 11.6. The molecule has 100 valence electrons. The van der Waals surface area contributed by atoms with Crippen molar-refractivity contribution < 1.29 is 18.9 Å². The van der Waals surface area contributed by atoms with E-state index in [1.54, 1.807) is 0 Å². The number of carbonyl (C=O) groups is 1. The summed E-state index contributed by atoms with van der Waals surface area (Å²) in [5, 5.41) is 8.83. The average molecular weight is 277 g/mol.